The molecule has 0 aliphatic heterocycles. The molecule has 0 spiro atoms. The van der Waals surface area contributed by atoms with Crippen molar-refractivity contribution in [3.63, 3.8) is 0 Å². The van der Waals surface area contributed by atoms with Gasteiger partial charge in [0, 0.05) is 10.0 Å². The first-order valence-electron chi connectivity index (χ1n) is 5.93. The summed E-state index contributed by atoms with van der Waals surface area (Å²) in [5.74, 6) is -0.390. The number of rotatable bonds is 3. The molecular weight excluding hydrogens is 320 g/mol. The van der Waals surface area contributed by atoms with Crippen LogP contribution in [-0.4, -0.2) is 11.8 Å². The number of nitrogens with zero attached hydrogens (tertiary/aromatic N) is 1. The van der Waals surface area contributed by atoms with E-state index in [0.29, 0.717) is 11.1 Å². The lowest BCUT2D eigenvalue weighted by Crippen LogP contribution is -2.15. The lowest BCUT2D eigenvalue weighted by molar-refractivity contribution is 0.0516. The van der Waals surface area contributed by atoms with Crippen LogP contribution in [0.15, 0.2) is 58.2 Å². The van der Waals surface area contributed by atoms with Gasteiger partial charge >= 0.3 is 5.97 Å². The van der Waals surface area contributed by atoms with E-state index in [1.807, 2.05) is 31.2 Å². The molecule has 2 N–H and O–H groups in total. The Morgan fingerprint density at radius 1 is 1.15 bits per heavy atom. The molecule has 102 valence electrons. The Labute approximate surface area is 125 Å². The van der Waals surface area contributed by atoms with Crippen LogP contribution in [0.25, 0.3) is 0 Å². The van der Waals surface area contributed by atoms with Gasteiger partial charge in [-0.25, -0.2) is 4.79 Å². The van der Waals surface area contributed by atoms with Gasteiger partial charge in [0.2, 0.25) is 0 Å². The maximum absolute atomic E-state index is 11.8. The fourth-order valence-corrected chi connectivity index (χ4v) is 2.02. The summed E-state index contributed by atoms with van der Waals surface area (Å²) in [7, 11) is 0. The molecule has 20 heavy (non-hydrogen) atoms. The highest BCUT2D eigenvalue weighted by Gasteiger charge is 2.08. The molecule has 2 rings (SSSR count). The van der Waals surface area contributed by atoms with Crippen LogP contribution >= 0.6 is 15.9 Å². The SMILES string of the molecule is Cc1cccc(/C(N)=N/OC(=O)c2cccc(Br)c2)c1. The Balaban J connectivity index is 2.11. The van der Waals surface area contributed by atoms with Crippen LogP contribution in [0, 0.1) is 6.92 Å². The highest BCUT2D eigenvalue weighted by atomic mass is 79.9. The van der Waals surface area contributed by atoms with Crippen molar-refractivity contribution in [3.05, 3.63) is 69.7 Å². The third-order valence-corrected chi connectivity index (χ3v) is 3.09. The summed E-state index contributed by atoms with van der Waals surface area (Å²) in [4.78, 5) is 16.6. The predicted molar refractivity (Wildman–Crippen MR) is 81.5 cm³/mol. The molecule has 0 aromatic heterocycles. The van der Waals surface area contributed by atoms with E-state index in [4.69, 9.17) is 10.6 Å². The predicted octanol–water partition coefficient (Wildman–Crippen LogP) is 3.23. The first kappa shape index (κ1) is 14.3. The Morgan fingerprint density at radius 2 is 1.85 bits per heavy atom. The van der Waals surface area contributed by atoms with Crippen molar-refractivity contribution in [3.8, 4) is 0 Å². The van der Waals surface area contributed by atoms with Crippen molar-refractivity contribution in [1.82, 2.24) is 0 Å². The lowest BCUT2D eigenvalue weighted by Gasteiger charge is -2.02. The second-order valence-electron chi connectivity index (χ2n) is 4.24. The normalized spacial score (nSPS) is 11.2. The van der Waals surface area contributed by atoms with Gasteiger partial charge < -0.3 is 10.6 Å². The number of carbonyl (C=O) groups is 1. The van der Waals surface area contributed by atoms with Gasteiger partial charge in [-0.15, -0.1) is 0 Å². The average molecular weight is 333 g/mol. The summed E-state index contributed by atoms with van der Waals surface area (Å²) < 4.78 is 0.794. The zero-order chi connectivity index (χ0) is 14.5. The minimum absolute atomic E-state index is 0.164. The standard InChI is InChI=1S/C15H13BrN2O2/c1-10-4-2-5-11(8-10)14(17)18-20-15(19)12-6-3-7-13(16)9-12/h2-9H,1H3,(H2,17,18). The van der Waals surface area contributed by atoms with Crippen LogP contribution in [0.2, 0.25) is 0 Å². The number of benzene rings is 2. The van der Waals surface area contributed by atoms with E-state index in [9.17, 15) is 4.79 Å². The van der Waals surface area contributed by atoms with E-state index in [1.165, 1.54) is 0 Å². The third kappa shape index (κ3) is 3.68. The summed E-state index contributed by atoms with van der Waals surface area (Å²) in [5.41, 5.74) is 7.96. The number of oxime groups is 1. The second kappa shape index (κ2) is 6.34. The first-order chi connectivity index (χ1) is 9.56. The monoisotopic (exact) mass is 332 g/mol. The fourth-order valence-electron chi connectivity index (χ4n) is 1.62. The van der Waals surface area contributed by atoms with Crippen LogP contribution in [-0.2, 0) is 4.84 Å². The lowest BCUT2D eigenvalue weighted by atomic mass is 10.1. The Bertz CT molecular complexity index is 668. The largest absolute Gasteiger partial charge is 0.380 e. The van der Waals surface area contributed by atoms with Gasteiger partial charge in [-0.3, -0.25) is 0 Å². The zero-order valence-electron chi connectivity index (χ0n) is 10.8. The first-order valence-corrected chi connectivity index (χ1v) is 6.73. The molecule has 0 saturated carbocycles. The van der Waals surface area contributed by atoms with Crippen LogP contribution in [0.5, 0.6) is 0 Å². The summed E-state index contributed by atoms with van der Waals surface area (Å²) in [6, 6.07) is 14.3. The van der Waals surface area contributed by atoms with Crippen LogP contribution in [0.4, 0.5) is 0 Å². The topological polar surface area (TPSA) is 64.7 Å². The Kier molecular flexibility index (Phi) is 4.53. The average Bonchev–Trinajstić information content (AvgIpc) is 2.44. The second-order valence-corrected chi connectivity index (χ2v) is 5.15. The number of halogens is 1. The number of hydrogen-bond acceptors (Lipinski definition) is 3. The molecule has 0 amide bonds. The van der Waals surface area contributed by atoms with Crippen LogP contribution < -0.4 is 5.73 Å². The van der Waals surface area contributed by atoms with Gasteiger partial charge in [-0.2, -0.15) is 0 Å². The smallest absolute Gasteiger partial charge is 0.365 e. The minimum Gasteiger partial charge on any atom is -0.380 e. The maximum atomic E-state index is 11.8. The summed E-state index contributed by atoms with van der Waals surface area (Å²) in [6.07, 6.45) is 0. The van der Waals surface area contributed by atoms with Gasteiger partial charge in [0.05, 0.1) is 5.56 Å². The molecule has 0 atom stereocenters. The number of amidine groups is 1. The molecular formula is C15H13BrN2O2. The van der Waals surface area contributed by atoms with Crippen LogP contribution in [0.1, 0.15) is 21.5 Å². The highest BCUT2D eigenvalue weighted by molar-refractivity contribution is 9.10. The molecule has 0 radical (unpaired) electrons. The van der Waals surface area contributed by atoms with Crippen molar-refractivity contribution in [1.29, 1.82) is 0 Å². The molecule has 2 aromatic rings. The van der Waals surface area contributed by atoms with E-state index in [0.717, 1.165) is 10.0 Å². The van der Waals surface area contributed by atoms with E-state index >= 15 is 0 Å². The molecule has 0 unspecified atom stereocenters. The molecule has 0 heterocycles. The van der Waals surface area contributed by atoms with Crippen molar-refractivity contribution >= 4 is 27.7 Å². The number of aryl methyl sites for hydroxylation is 1. The van der Waals surface area contributed by atoms with Crippen LogP contribution in [0.3, 0.4) is 0 Å². The zero-order valence-corrected chi connectivity index (χ0v) is 12.4. The third-order valence-electron chi connectivity index (χ3n) is 2.60. The number of carbonyl (C=O) groups excluding carboxylic acids is 1. The van der Waals surface area contributed by atoms with Gasteiger partial charge in [0.15, 0.2) is 5.84 Å². The van der Waals surface area contributed by atoms with Crippen molar-refractivity contribution < 1.29 is 9.63 Å². The summed E-state index contributed by atoms with van der Waals surface area (Å²) in [5, 5.41) is 3.67. The van der Waals surface area contributed by atoms with E-state index < -0.39 is 5.97 Å². The summed E-state index contributed by atoms with van der Waals surface area (Å²) in [6.45, 7) is 1.95. The van der Waals surface area contributed by atoms with Gasteiger partial charge in [0.1, 0.15) is 0 Å². The highest BCUT2D eigenvalue weighted by Crippen LogP contribution is 2.12. The fraction of sp³-hybridized carbons (Fsp3) is 0.0667. The van der Waals surface area contributed by atoms with E-state index in [2.05, 4.69) is 21.1 Å². The number of nitrogens with two attached hydrogens (primary N) is 1. The Hall–Kier alpha value is -2.14. The van der Waals surface area contributed by atoms with Gasteiger partial charge in [-0.1, -0.05) is 50.9 Å². The minimum atomic E-state index is -0.554. The van der Waals surface area contributed by atoms with Crippen molar-refractivity contribution in [2.24, 2.45) is 10.9 Å². The van der Waals surface area contributed by atoms with Gasteiger partial charge in [0.25, 0.3) is 0 Å². The Morgan fingerprint density at radius 3 is 2.55 bits per heavy atom. The van der Waals surface area contributed by atoms with E-state index in [1.54, 1.807) is 24.3 Å². The quantitative estimate of drug-likeness (QED) is 0.406. The molecule has 5 heteroatoms. The molecule has 4 nitrogen and oxygen atoms in total. The van der Waals surface area contributed by atoms with Gasteiger partial charge in [-0.05, 0) is 31.2 Å². The molecule has 0 saturated heterocycles. The molecule has 0 aliphatic rings. The molecule has 0 aliphatic carbocycles. The van der Waals surface area contributed by atoms with Crippen molar-refractivity contribution in [2.45, 2.75) is 6.92 Å². The molecule has 2 aromatic carbocycles. The number of hydrogen-bond donors (Lipinski definition) is 1. The summed E-state index contributed by atoms with van der Waals surface area (Å²) >= 11 is 3.29. The molecule has 0 bridgehead atoms. The molecule has 0 fully saturated rings. The van der Waals surface area contributed by atoms with Crippen molar-refractivity contribution in [2.75, 3.05) is 0 Å². The van der Waals surface area contributed by atoms with E-state index in [-0.39, 0.29) is 5.84 Å². The maximum Gasteiger partial charge on any atom is 0.365 e.